The first kappa shape index (κ1) is 16.0. The van der Waals surface area contributed by atoms with Gasteiger partial charge in [-0.15, -0.1) is 0 Å². The van der Waals surface area contributed by atoms with Crippen molar-refractivity contribution < 1.29 is 9.59 Å². The van der Waals surface area contributed by atoms with Crippen molar-refractivity contribution in [2.45, 2.75) is 31.7 Å². The number of rotatable bonds is 3. The molecule has 2 aliphatic heterocycles. The third kappa shape index (κ3) is 3.55. The van der Waals surface area contributed by atoms with Crippen LogP contribution in [0.3, 0.4) is 0 Å². The molecule has 0 aromatic carbocycles. The highest BCUT2D eigenvalue weighted by molar-refractivity contribution is 5.93. The topological polar surface area (TPSA) is 70.5 Å². The molecule has 0 spiro atoms. The number of likely N-dealkylation sites (tertiary alicyclic amines) is 2. The molecule has 7 heteroatoms. The summed E-state index contributed by atoms with van der Waals surface area (Å²) in [5.74, 6) is 0.729. The number of carbonyl (C=O) groups is 2. The van der Waals surface area contributed by atoms with E-state index in [-0.39, 0.29) is 17.7 Å². The van der Waals surface area contributed by atoms with Crippen LogP contribution in [0.15, 0.2) is 12.3 Å². The predicted molar refractivity (Wildman–Crippen MR) is 87.0 cm³/mol. The average Bonchev–Trinajstić information content (AvgIpc) is 2.99. The van der Waals surface area contributed by atoms with E-state index in [4.69, 9.17) is 0 Å². The van der Waals surface area contributed by atoms with Gasteiger partial charge in [0.2, 0.25) is 11.8 Å². The third-order valence-corrected chi connectivity index (χ3v) is 4.95. The SMILES string of the molecule is CN1CCC(n2nccc2NC(=O)C2CCC(=O)N(C)C2)CC1. The Balaban J connectivity index is 1.63. The summed E-state index contributed by atoms with van der Waals surface area (Å²) in [6, 6.07) is 2.19. The lowest BCUT2D eigenvalue weighted by Crippen LogP contribution is -2.42. The average molecular weight is 319 g/mol. The molecule has 1 aromatic rings. The first-order valence-electron chi connectivity index (χ1n) is 8.31. The Morgan fingerprint density at radius 3 is 2.70 bits per heavy atom. The highest BCUT2D eigenvalue weighted by atomic mass is 16.2. The number of carbonyl (C=O) groups excluding carboxylic acids is 2. The van der Waals surface area contributed by atoms with E-state index in [1.165, 1.54) is 0 Å². The van der Waals surface area contributed by atoms with Crippen molar-refractivity contribution in [2.75, 3.05) is 39.0 Å². The van der Waals surface area contributed by atoms with Crippen LogP contribution in [0.2, 0.25) is 0 Å². The molecule has 1 aromatic heterocycles. The van der Waals surface area contributed by atoms with Crippen molar-refractivity contribution >= 4 is 17.6 Å². The molecule has 0 saturated carbocycles. The van der Waals surface area contributed by atoms with Gasteiger partial charge >= 0.3 is 0 Å². The Bertz CT molecular complexity index is 577. The maximum absolute atomic E-state index is 12.5. The van der Waals surface area contributed by atoms with E-state index in [1.54, 1.807) is 18.1 Å². The maximum Gasteiger partial charge on any atom is 0.230 e. The molecule has 0 aliphatic carbocycles. The number of hydrogen-bond acceptors (Lipinski definition) is 4. The second-order valence-electron chi connectivity index (χ2n) is 6.69. The fourth-order valence-electron chi connectivity index (χ4n) is 3.40. The standard InChI is InChI=1S/C16H25N5O2/c1-19-9-6-13(7-10-19)21-14(5-8-17-21)18-16(23)12-3-4-15(22)20(2)11-12/h5,8,12-13H,3-4,6-7,9-11H2,1-2H3,(H,18,23). The predicted octanol–water partition coefficient (Wildman–Crippen LogP) is 0.957. The molecule has 2 fully saturated rings. The molecule has 2 saturated heterocycles. The Morgan fingerprint density at radius 1 is 1.26 bits per heavy atom. The number of nitrogens with one attached hydrogen (secondary N) is 1. The number of piperidine rings is 2. The molecule has 2 amide bonds. The van der Waals surface area contributed by atoms with Crippen LogP contribution in [0.5, 0.6) is 0 Å². The van der Waals surface area contributed by atoms with Gasteiger partial charge < -0.3 is 15.1 Å². The highest BCUT2D eigenvalue weighted by Crippen LogP contribution is 2.25. The molecule has 1 atom stereocenters. The summed E-state index contributed by atoms with van der Waals surface area (Å²) in [7, 11) is 3.88. The van der Waals surface area contributed by atoms with E-state index in [2.05, 4.69) is 22.4 Å². The summed E-state index contributed by atoms with van der Waals surface area (Å²) >= 11 is 0. The summed E-state index contributed by atoms with van der Waals surface area (Å²) in [6.07, 6.45) is 4.90. The van der Waals surface area contributed by atoms with Crippen molar-refractivity contribution in [3.8, 4) is 0 Å². The lowest BCUT2D eigenvalue weighted by molar-refractivity contribution is -0.135. The molecule has 126 valence electrons. The van der Waals surface area contributed by atoms with Crippen molar-refractivity contribution in [1.29, 1.82) is 0 Å². The minimum absolute atomic E-state index is 0.0148. The summed E-state index contributed by atoms with van der Waals surface area (Å²) in [4.78, 5) is 28.0. The molecular weight excluding hydrogens is 294 g/mol. The maximum atomic E-state index is 12.5. The Labute approximate surface area is 136 Å². The molecule has 2 aliphatic rings. The van der Waals surface area contributed by atoms with E-state index in [0.29, 0.717) is 25.4 Å². The summed E-state index contributed by atoms with van der Waals surface area (Å²) < 4.78 is 1.95. The van der Waals surface area contributed by atoms with Crippen LogP contribution in [0.4, 0.5) is 5.82 Å². The molecule has 23 heavy (non-hydrogen) atoms. The zero-order chi connectivity index (χ0) is 16.4. The molecule has 1 N–H and O–H groups in total. The van der Waals surface area contributed by atoms with Gasteiger partial charge in [0.05, 0.1) is 18.2 Å². The van der Waals surface area contributed by atoms with E-state index < -0.39 is 0 Å². The van der Waals surface area contributed by atoms with Crippen LogP contribution in [-0.2, 0) is 9.59 Å². The lowest BCUT2D eigenvalue weighted by atomic mass is 9.97. The number of amides is 2. The van der Waals surface area contributed by atoms with Gasteiger partial charge in [-0.1, -0.05) is 0 Å². The van der Waals surface area contributed by atoms with Gasteiger partial charge in [-0.25, -0.2) is 4.68 Å². The van der Waals surface area contributed by atoms with Gasteiger partial charge in [0.25, 0.3) is 0 Å². The fourth-order valence-corrected chi connectivity index (χ4v) is 3.40. The number of hydrogen-bond donors (Lipinski definition) is 1. The monoisotopic (exact) mass is 319 g/mol. The van der Waals surface area contributed by atoms with Crippen LogP contribution in [-0.4, -0.2) is 65.1 Å². The van der Waals surface area contributed by atoms with E-state index in [9.17, 15) is 9.59 Å². The Hall–Kier alpha value is -1.89. The number of nitrogens with zero attached hydrogens (tertiary/aromatic N) is 4. The second-order valence-corrected chi connectivity index (χ2v) is 6.69. The van der Waals surface area contributed by atoms with Crippen LogP contribution < -0.4 is 5.32 Å². The first-order valence-corrected chi connectivity index (χ1v) is 8.31. The largest absolute Gasteiger partial charge is 0.345 e. The minimum Gasteiger partial charge on any atom is -0.345 e. The van der Waals surface area contributed by atoms with Crippen LogP contribution in [0, 0.1) is 5.92 Å². The van der Waals surface area contributed by atoms with Crippen molar-refractivity contribution in [3.63, 3.8) is 0 Å². The van der Waals surface area contributed by atoms with E-state index in [0.717, 1.165) is 31.7 Å². The van der Waals surface area contributed by atoms with Gasteiger partial charge in [-0.05, 0) is 39.4 Å². The van der Waals surface area contributed by atoms with Gasteiger partial charge in [-0.3, -0.25) is 9.59 Å². The van der Waals surface area contributed by atoms with Crippen LogP contribution in [0.25, 0.3) is 0 Å². The zero-order valence-corrected chi connectivity index (χ0v) is 13.9. The van der Waals surface area contributed by atoms with Gasteiger partial charge in [-0.2, -0.15) is 5.10 Å². The molecule has 1 unspecified atom stereocenters. The molecule has 0 bridgehead atoms. The van der Waals surface area contributed by atoms with Gasteiger partial charge in [0.1, 0.15) is 5.82 Å². The highest BCUT2D eigenvalue weighted by Gasteiger charge is 2.29. The van der Waals surface area contributed by atoms with Crippen LogP contribution >= 0.6 is 0 Å². The van der Waals surface area contributed by atoms with Crippen molar-refractivity contribution in [1.82, 2.24) is 19.6 Å². The summed E-state index contributed by atoms with van der Waals surface area (Å²) in [5.41, 5.74) is 0. The molecule has 7 nitrogen and oxygen atoms in total. The normalized spacial score (nSPS) is 24.0. The van der Waals surface area contributed by atoms with Crippen molar-refractivity contribution in [3.05, 3.63) is 12.3 Å². The molecule has 0 radical (unpaired) electrons. The fraction of sp³-hybridized carbons (Fsp3) is 0.688. The van der Waals surface area contributed by atoms with E-state index in [1.807, 2.05) is 10.7 Å². The Kier molecular flexibility index (Phi) is 4.66. The smallest absolute Gasteiger partial charge is 0.230 e. The molecule has 3 rings (SSSR count). The quantitative estimate of drug-likeness (QED) is 0.901. The zero-order valence-electron chi connectivity index (χ0n) is 13.9. The second kappa shape index (κ2) is 6.70. The molecule has 3 heterocycles. The summed E-state index contributed by atoms with van der Waals surface area (Å²) in [5, 5.41) is 7.42. The van der Waals surface area contributed by atoms with Crippen LogP contribution in [0.1, 0.15) is 31.7 Å². The number of aromatic nitrogens is 2. The number of anilines is 1. The van der Waals surface area contributed by atoms with Gasteiger partial charge in [0, 0.05) is 26.1 Å². The molecular formula is C16H25N5O2. The van der Waals surface area contributed by atoms with Crippen molar-refractivity contribution in [2.24, 2.45) is 5.92 Å². The third-order valence-electron chi connectivity index (χ3n) is 4.95. The van der Waals surface area contributed by atoms with E-state index >= 15 is 0 Å². The minimum atomic E-state index is -0.140. The Morgan fingerprint density at radius 2 is 2.00 bits per heavy atom. The van der Waals surface area contributed by atoms with Gasteiger partial charge in [0.15, 0.2) is 0 Å². The summed E-state index contributed by atoms with van der Waals surface area (Å²) in [6.45, 7) is 2.59. The first-order chi connectivity index (χ1) is 11.0. The lowest BCUT2D eigenvalue weighted by Gasteiger charge is -2.31.